The number of aromatic hydroxyl groups is 1. The van der Waals surface area contributed by atoms with Gasteiger partial charge in [-0.15, -0.1) is 0 Å². The minimum Gasteiger partial charge on any atom is -0.504 e. The number of carbonyl (C=O) groups is 2. The van der Waals surface area contributed by atoms with Gasteiger partial charge in [0.1, 0.15) is 17.4 Å². The molecule has 2 aliphatic carbocycles. The molecule has 3 aromatic rings. The number of nitrogens with two attached hydrogens (primary N) is 1. The lowest BCUT2D eigenvalue weighted by molar-refractivity contribution is -0.130. The molecule has 1 fully saturated rings. The maximum Gasteiger partial charge on any atom is 0.160 e. The fourth-order valence-electron chi connectivity index (χ4n) is 7.22. The first-order valence-corrected chi connectivity index (χ1v) is 16.0. The van der Waals surface area contributed by atoms with Crippen molar-refractivity contribution in [3.8, 4) is 23.3 Å². The summed E-state index contributed by atoms with van der Waals surface area (Å²) in [5.74, 6) is 8.11. The predicted octanol–water partition coefficient (Wildman–Crippen LogP) is 7.07. The lowest BCUT2D eigenvalue weighted by Gasteiger charge is -2.24. The van der Waals surface area contributed by atoms with Crippen molar-refractivity contribution in [2.24, 2.45) is 23.7 Å². The molecule has 5 unspecified atom stereocenters. The standard InChI is InChI=1S/C38H44N2O4/c1-3-4-8-25-17-27(18-26-15-16-40-38(39)21-26)19-29-12-14-32(28-9-6-5-7-10-28)33-24-36(43)37(44-2)22-30(33)11-13-31(41)23-35(42)34(29)20-25/h5-7,9-10,15-16,21-22,24-25,27,29,32,34,43H,3-4,8,11,13,17-20,23H2,1-2H3,(H2,39,40). The molecule has 6 nitrogen and oxygen atoms in total. The zero-order valence-electron chi connectivity index (χ0n) is 25.9. The molecule has 2 aromatic carbocycles. The molecule has 1 saturated carbocycles. The molecule has 6 heteroatoms. The maximum absolute atomic E-state index is 13.9. The topological polar surface area (TPSA) is 103 Å². The SMILES string of the molecule is CCCCC1CC(Cc2ccnc(N)c2)CC2C#CC(c3ccccc3)c3cc(O)c(OC)cc3CCC(=O)CC(=O)C2C1. The number of anilines is 1. The van der Waals surface area contributed by atoms with Gasteiger partial charge in [0, 0.05) is 24.5 Å². The summed E-state index contributed by atoms with van der Waals surface area (Å²) < 4.78 is 5.42. The summed E-state index contributed by atoms with van der Waals surface area (Å²) in [6.45, 7) is 2.21. The fraction of sp³-hybridized carbons (Fsp3) is 0.447. The first-order chi connectivity index (χ1) is 21.3. The van der Waals surface area contributed by atoms with Crippen molar-refractivity contribution in [3.05, 3.63) is 83.0 Å². The second kappa shape index (κ2) is 14.6. The van der Waals surface area contributed by atoms with E-state index in [2.05, 4.69) is 35.9 Å². The van der Waals surface area contributed by atoms with Crippen LogP contribution in [0.1, 0.15) is 86.5 Å². The molecule has 0 saturated heterocycles. The summed E-state index contributed by atoms with van der Waals surface area (Å²) in [6.07, 6.45) is 9.14. The van der Waals surface area contributed by atoms with Gasteiger partial charge in [0.25, 0.3) is 0 Å². The average molecular weight is 593 g/mol. The molecule has 44 heavy (non-hydrogen) atoms. The summed E-state index contributed by atoms with van der Waals surface area (Å²) in [5.41, 5.74) is 9.96. The van der Waals surface area contributed by atoms with Crippen molar-refractivity contribution in [1.29, 1.82) is 0 Å². The number of hydrogen-bond donors (Lipinski definition) is 2. The second-order valence-corrected chi connectivity index (χ2v) is 12.6. The largest absolute Gasteiger partial charge is 0.504 e. The molecule has 1 heterocycles. The number of aryl methyl sites for hydroxylation is 1. The van der Waals surface area contributed by atoms with Crippen LogP contribution in [0.2, 0.25) is 0 Å². The van der Waals surface area contributed by atoms with Crippen LogP contribution in [0.25, 0.3) is 0 Å². The van der Waals surface area contributed by atoms with Crippen LogP contribution in [0, 0.1) is 35.5 Å². The van der Waals surface area contributed by atoms with E-state index in [-0.39, 0.29) is 47.9 Å². The number of aromatic nitrogens is 1. The Morgan fingerprint density at radius 3 is 2.57 bits per heavy atom. The Bertz CT molecular complexity index is 1520. The number of methoxy groups -OCH3 is 1. The summed E-state index contributed by atoms with van der Waals surface area (Å²) in [5, 5.41) is 10.8. The van der Waals surface area contributed by atoms with Gasteiger partial charge < -0.3 is 15.6 Å². The lowest BCUT2D eigenvalue weighted by atomic mass is 9.78. The number of ether oxygens (including phenoxy) is 1. The monoisotopic (exact) mass is 592 g/mol. The molecule has 5 rings (SSSR count). The normalized spacial score (nSPS) is 24.0. The van der Waals surface area contributed by atoms with Gasteiger partial charge in [-0.05, 0) is 90.5 Å². The van der Waals surface area contributed by atoms with Crippen LogP contribution in [0.3, 0.4) is 0 Å². The summed E-state index contributed by atoms with van der Waals surface area (Å²) in [7, 11) is 1.52. The van der Waals surface area contributed by atoms with Gasteiger partial charge >= 0.3 is 0 Å². The number of phenolic OH excluding ortho intramolecular Hbond substituents is 1. The highest BCUT2D eigenvalue weighted by Crippen LogP contribution is 2.41. The molecule has 2 aliphatic rings. The molecule has 3 N–H and O–H groups in total. The van der Waals surface area contributed by atoms with Crippen LogP contribution in [-0.2, 0) is 22.4 Å². The Kier molecular flexibility index (Phi) is 10.4. The van der Waals surface area contributed by atoms with E-state index < -0.39 is 0 Å². The number of unbranched alkanes of at least 4 members (excludes halogenated alkanes) is 1. The number of ketones is 2. The van der Waals surface area contributed by atoms with E-state index in [0.29, 0.717) is 29.8 Å². The summed E-state index contributed by atoms with van der Waals surface area (Å²) >= 11 is 0. The number of hydrogen-bond acceptors (Lipinski definition) is 6. The number of nitrogens with zero attached hydrogens (tertiary/aromatic N) is 1. The molecule has 0 bridgehead atoms. The number of rotatable bonds is 7. The molecule has 230 valence electrons. The van der Waals surface area contributed by atoms with Gasteiger partial charge in [0.15, 0.2) is 11.5 Å². The van der Waals surface area contributed by atoms with Gasteiger partial charge in [-0.3, -0.25) is 9.59 Å². The number of benzene rings is 2. The van der Waals surface area contributed by atoms with E-state index in [9.17, 15) is 14.7 Å². The van der Waals surface area contributed by atoms with Crippen LogP contribution in [0.15, 0.2) is 60.8 Å². The van der Waals surface area contributed by atoms with Crippen LogP contribution >= 0.6 is 0 Å². The number of nitrogen functional groups attached to an aromatic ring is 1. The van der Waals surface area contributed by atoms with Gasteiger partial charge in [0.05, 0.1) is 19.4 Å². The van der Waals surface area contributed by atoms with E-state index in [4.69, 9.17) is 10.5 Å². The third kappa shape index (κ3) is 7.69. The summed E-state index contributed by atoms with van der Waals surface area (Å²) in [4.78, 5) is 31.4. The predicted molar refractivity (Wildman–Crippen MR) is 173 cm³/mol. The quantitative estimate of drug-likeness (QED) is 0.225. The highest BCUT2D eigenvalue weighted by molar-refractivity contribution is 6.00. The number of pyridine rings is 1. The Balaban J connectivity index is 1.61. The van der Waals surface area contributed by atoms with Crippen molar-refractivity contribution in [2.45, 2.75) is 77.0 Å². The lowest BCUT2D eigenvalue weighted by Crippen LogP contribution is -2.27. The number of phenols is 1. The Morgan fingerprint density at radius 1 is 1.00 bits per heavy atom. The molecular weight excluding hydrogens is 548 g/mol. The number of fused-ring (bicyclic) bond motifs is 2. The smallest absolute Gasteiger partial charge is 0.160 e. The minimum absolute atomic E-state index is 0.0324. The fourth-order valence-corrected chi connectivity index (χ4v) is 7.22. The highest BCUT2D eigenvalue weighted by atomic mass is 16.5. The summed E-state index contributed by atoms with van der Waals surface area (Å²) in [6, 6.07) is 17.6. The van der Waals surface area contributed by atoms with Crippen molar-refractivity contribution >= 4 is 17.4 Å². The van der Waals surface area contributed by atoms with Crippen LogP contribution in [0.5, 0.6) is 11.5 Å². The van der Waals surface area contributed by atoms with Gasteiger partial charge in [-0.25, -0.2) is 4.98 Å². The first-order valence-electron chi connectivity index (χ1n) is 16.0. The molecule has 5 atom stereocenters. The zero-order valence-corrected chi connectivity index (χ0v) is 25.9. The third-order valence-electron chi connectivity index (χ3n) is 9.42. The van der Waals surface area contributed by atoms with Crippen LogP contribution in [0.4, 0.5) is 5.82 Å². The first kappa shape index (κ1) is 31.3. The van der Waals surface area contributed by atoms with E-state index in [1.807, 2.05) is 36.4 Å². The molecule has 0 aliphatic heterocycles. The molecular formula is C38H44N2O4. The second-order valence-electron chi connectivity index (χ2n) is 12.6. The number of Topliss-reactive ketones (excluding diaryl/α,β-unsaturated/α-hetero) is 2. The van der Waals surface area contributed by atoms with Crippen LogP contribution < -0.4 is 10.5 Å². The van der Waals surface area contributed by atoms with E-state index >= 15 is 0 Å². The molecule has 0 amide bonds. The van der Waals surface area contributed by atoms with Crippen molar-refractivity contribution < 1.29 is 19.4 Å². The Morgan fingerprint density at radius 2 is 1.82 bits per heavy atom. The Hall–Kier alpha value is -4.11. The van der Waals surface area contributed by atoms with Gasteiger partial charge in [-0.1, -0.05) is 68.4 Å². The van der Waals surface area contributed by atoms with E-state index in [1.54, 1.807) is 12.3 Å². The van der Waals surface area contributed by atoms with Crippen molar-refractivity contribution in [2.75, 3.05) is 12.8 Å². The third-order valence-corrected chi connectivity index (χ3v) is 9.42. The molecule has 1 aromatic heterocycles. The van der Waals surface area contributed by atoms with Gasteiger partial charge in [-0.2, -0.15) is 0 Å². The average Bonchev–Trinajstić information content (AvgIpc) is 3.18. The maximum atomic E-state index is 13.9. The Labute approximate surface area is 261 Å². The molecule has 0 spiro atoms. The molecule has 0 radical (unpaired) electrons. The minimum atomic E-state index is -0.328. The van der Waals surface area contributed by atoms with Gasteiger partial charge in [0.2, 0.25) is 0 Å². The van der Waals surface area contributed by atoms with Crippen molar-refractivity contribution in [1.82, 2.24) is 4.98 Å². The zero-order chi connectivity index (χ0) is 31.1. The highest BCUT2D eigenvalue weighted by Gasteiger charge is 2.37. The van der Waals surface area contributed by atoms with Crippen molar-refractivity contribution in [3.63, 3.8) is 0 Å². The number of carbonyl (C=O) groups excluding carboxylic acids is 2. The van der Waals surface area contributed by atoms with Crippen LogP contribution in [-0.4, -0.2) is 28.8 Å². The van der Waals surface area contributed by atoms with E-state index in [0.717, 1.165) is 67.2 Å². The van der Waals surface area contributed by atoms with E-state index in [1.165, 1.54) is 7.11 Å².